The largest absolute Gasteiger partial charge is 0.378 e. The zero-order valence-electron chi connectivity index (χ0n) is 14.7. The Morgan fingerprint density at radius 3 is 2.36 bits per heavy atom. The number of anilines is 5. The van der Waals surface area contributed by atoms with E-state index in [-0.39, 0.29) is 5.91 Å². The fourth-order valence-corrected chi connectivity index (χ4v) is 3.76. The van der Waals surface area contributed by atoms with Gasteiger partial charge in [-0.25, -0.2) is 0 Å². The van der Waals surface area contributed by atoms with Crippen LogP contribution in [0.25, 0.3) is 0 Å². The summed E-state index contributed by atoms with van der Waals surface area (Å²) in [4.78, 5) is 18.8. The van der Waals surface area contributed by atoms with Crippen molar-refractivity contribution in [2.75, 3.05) is 47.5 Å². The molecular formula is C20H23N3O2. The average molecular weight is 337 g/mol. The summed E-state index contributed by atoms with van der Waals surface area (Å²) < 4.78 is 5.47. The number of carbonyl (C=O) groups excluding carboxylic acids is 1. The third-order valence-corrected chi connectivity index (χ3v) is 4.91. The van der Waals surface area contributed by atoms with Crippen LogP contribution in [0.15, 0.2) is 42.5 Å². The van der Waals surface area contributed by atoms with Crippen molar-refractivity contribution >= 4 is 34.3 Å². The second kappa shape index (κ2) is 6.41. The number of hydrogen-bond acceptors (Lipinski definition) is 4. The quantitative estimate of drug-likeness (QED) is 0.837. The normalized spacial score (nSPS) is 16.5. The molecule has 5 heteroatoms. The van der Waals surface area contributed by atoms with Crippen molar-refractivity contribution in [2.45, 2.75) is 13.8 Å². The smallest absolute Gasteiger partial charge is 0.228 e. The number of hydrogen-bond donors (Lipinski definition) is 0. The molecule has 0 atom stereocenters. The number of carbonyl (C=O) groups is 1. The number of amides is 1. The van der Waals surface area contributed by atoms with Crippen molar-refractivity contribution in [3.63, 3.8) is 0 Å². The minimum Gasteiger partial charge on any atom is -0.378 e. The van der Waals surface area contributed by atoms with Crippen LogP contribution in [-0.4, -0.2) is 38.8 Å². The van der Waals surface area contributed by atoms with Crippen LogP contribution in [0.4, 0.5) is 28.4 Å². The van der Waals surface area contributed by atoms with Crippen molar-refractivity contribution in [1.29, 1.82) is 0 Å². The Hall–Kier alpha value is -2.53. The second-order valence-corrected chi connectivity index (χ2v) is 6.36. The number of morpholine rings is 1. The summed E-state index contributed by atoms with van der Waals surface area (Å²) in [5, 5.41) is 0. The minimum absolute atomic E-state index is 0.0311. The van der Waals surface area contributed by atoms with Gasteiger partial charge in [0.1, 0.15) is 0 Å². The third-order valence-electron chi connectivity index (χ3n) is 4.91. The number of nitrogens with zero attached hydrogens (tertiary/aromatic N) is 3. The molecule has 2 aromatic carbocycles. The highest BCUT2D eigenvalue weighted by Gasteiger charge is 2.30. The van der Waals surface area contributed by atoms with Gasteiger partial charge in [0.2, 0.25) is 5.91 Å². The lowest BCUT2D eigenvalue weighted by molar-refractivity contribution is -0.115. The molecule has 4 rings (SSSR count). The van der Waals surface area contributed by atoms with E-state index in [4.69, 9.17) is 4.74 Å². The van der Waals surface area contributed by atoms with Gasteiger partial charge >= 0.3 is 0 Å². The Kier molecular flexibility index (Phi) is 4.09. The number of benzene rings is 2. The standard InChI is InChI=1S/C20H23N3O2/c1-3-22-17-6-4-5-7-18(17)23(15(2)24)19-9-8-16(14-20(19)22)21-10-12-25-13-11-21/h4-9,14H,3,10-13H2,1-2H3. The van der Waals surface area contributed by atoms with E-state index >= 15 is 0 Å². The Morgan fingerprint density at radius 2 is 1.68 bits per heavy atom. The Balaban J connectivity index is 1.84. The van der Waals surface area contributed by atoms with E-state index in [0.29, 0.717) is 0 Å². The van der Waals surface area contributed by atoms with Crippen molar-refractivity contribution in [1.82, 2.24) is 0 Å². The first-order chi connectivity index (χ1) is 12.2. The highest BCUT2D eigenvalue weighted by Crippen LogP contribution is 2.48. The maximum atomic E-state index is 12.4. The van der Waals surface area contributed by atoms with Gasteiger partial charge < -0.3 is 14.5 Å². The summed E-state index contributed by atoms with van der Waals surface area (Å²) in [6.45, 7) is 7.94. The molecule has 2 heterocycles. The van der Waals surface area contributed by atoms with Gasteiger partial charge in [0, 0.05) is 32.2 Å². The van der Waals surface area contributed by atoms with Gasteiger partial charge in [-0.1, -0.05) is 12.1 Å². The van der Waals surface area contributed by atoms with Crippen LogP contribution in [0.2, 0.25) is 0 Å². The van der Waals surface area contributed by atoms with Crippen LogP contribution in [0, 0.1) is 0 Å². The number of para-hydroxylation sites is 2. The van der Waals surface area contributed by atoms with Crippen LogP contribution in [0.3, 0.4) is 0 Å². The molecule has 0 saturated carbocycles. The third kappa shape index (κ3) is 2.65. The molecule has 0 aromatic heterocycles. The van der Waals surface area contributed by atoms with Crippen molar-refractivity contribution in [2.24, 2.45) is 0 Å². The number of rotatable bonds is 2. The van der Waals surface area contributed by atoms with Gasteiger partial charge in [-0.15, -0.1) is 0 Å². The first kappa shape index (κ1) is 16.0. The summed E-state index contributed by atoms with van der Waals surface area (Å²) >= 11 is 0. The van der Waals surface area contributed by atoms with Gasteiger partial charge in [-0.2, -0.15) is 0 Å². The van der Waals surface area contributed by atoms with Crippen molar-refractivity contribution in [3.8, 4) is 0 Å². The zero-order chi connectivity index (χ0) is 17.4. The average Bonchev–Trinajstić information content (AvgIpc) is 2.66. The van der Waals surface area contributed by atoms with Crippen LogP contribution in [0.1, 0.15) is 13.8 Å². The molecule has 5 nitrogen and oxygen atoms in total. The molecule has 0 bridgehead atoms. The summed E-state index contributed by atoms with van der Waals surface area (Å²) in [6.07, 6.45) is 0. The lowest BCUT2D eigenvalue weighted by Gasteiger charge is -2.39. The molecule has 1 saturated heterocycles. The molecule has 2 aromatic rings. The Morgan fingerprint density at radius 1 is 1.00 bits per heavy atom. The van der Waals surface area contributed by atoms with Crippen molar-refractivity contribution < 1.29 is 9.53 Å². The van der Waals surface area contributed by atoms with Crippen LogP contribution in [-0.2, 0) is 9.53 Å². The molecule has 0 unspecified atom stereocenters. The molecule has 2 aliphatic rings. The van der Waals surface area contributed by atoms with Crippen LogP contribution < -0.4 is 14.7 Å². The summed E-state index contributed by atoms with van der Waals surface area (Å²) in [5.41, 5.74) is 5.24. The number of fused-ring (bicyclic) bond motifs is 2. The SMILES string of the molecule is CCN1c2ccccc2N(C(C)=O)c2ccc(N3CCOCC3)cc21. The van der Waals surface area contributed by atoms with Crippen LogP contribution >= 0.6 is 0 Å². The highest BCUT2D eigenvalue weighted by molar-refractivity contribution is 6.09. The zero-order valence-corrected chi connectivity index (χ0v) is 14.7. The molecule has 25 heavy (non-hydrogen) atoms. The molecule has 1 amide bonds. The second-order valence-electron chi connectivity index (χ2n) is 6.36. The van der Waals surface area contributed by atoms with Gasteiger partial charge in [0.05, 0.1) is 36.0 Å². The molecule has 130 valence electrons. The minimum atomic E-state index is 0.0311. The van der Waals surface area contributed by atoms with Gasteiger partial charge in [-0.3, -0.25) is 9.69 Å². The fourth-order valence-electron chi connectivity index (χ4n) is 3.76. The lowest BCUT2D eigenvalue weighted by Crippen LogP contribution is -2.37. The first-order valence-corrected chi connectivity index (χ1v) is 8.84. The summed E-state index contributed by atoms with van der Waals surface area (Å²) in [5.74, 6) is 0.0311. The van der Waals surface area contributed by atoms with Crippen LogP contribution in [0.5, 0.6) is 0 Å². The van der Waals surface area contributed by atoms with E-state index in [1.165, 1.54) is 5.69 Å². The Bertz CT molecular complexity index is 799. The summed E-state index contributed by atoms with van der Waals surface area (Å²) in [7, 11) is 0. The topological polar surface area (TPSA) is 36.0 Å². The summed E-state index contributed by atoms with van der Waals surface area (Å²) in [6, 6.07) is 14.5. The van der Waals surface area contributed by atoms with E-state index in [1.54, 1.807) is 6.92 Å². The fraction of sp³-hybridized carbons (Fsp3) is 0.350. The molecule has 0 radical (unpaired) electrons. The van der Waals surface area contributed by atoms with E-state index in [2.05, 4.69) is 41.0 Å². The maximum Gasteiger partial charge on any atom is 0.228 e. The highest BCUT2D eigenvalue weighted by atomic mass is 16.5. The predicted molar refractivity (Wildman–Crippen MR) is 101 cm³/mol. The van der Waals surface area contributed by atoms with Gasteiger partial charge in [-0.05, 0) is 37.3 Å². The molecular weight excluding hydrogens is 314 g/mol. The molecule has 1 fully saturated rings. The molecule has 0 spiro atoms. The number of ether oxygens (including phenoxy) is 1. The predicted octanol–water partition coefficient (Wildman–Crippen LogP) is 3.68. The van der Waals surface area contributed by atoms with E-state index in [0.717, 1.165) is 55.6 Å². The van der Waals surface area contributed by atoms with E-state index < -0.39 is 0 Å². The maximum absolute atomic E-state index is 12.4. The van der Waals surface area contributed by atoms with E-state index in [1.807, 2.05) is 23.1 Å². The van der Waals surface area contributed by atoms with E-state index in [9.17, 15) is 4.79 Å². The monoisotopic (exact) mass is 337 g/mol. The van der Waals surface area contributed by atoms with Gasteiger partial charge in [0.15, 0.2) is 0 Å². The van der Waals surface area contributed by atoms with Crippen molar-refractivity contribution in [3.05, 3.63) is 42.5 Å². The first-order valence-electron chi connectivity index (χ1n) is 8.84. The van der Waals surface area contributed by atoms with Gasteiger partial charge in [0.25, 0.3) is 0 Å². The lowest BCUT2D eigenvalue weighted by atomic mass is 10.1. The molecule has 0 aliphatic carbocycles. The Labute approximate surface area is 148 Å². The molecule has 0 N–H and O–H groups in total. The molecule has 2 aliphatic heterocycles.